The van der Waals surface area contributed by atoms with Gasteiger partial charge in [-0.15, -0.1) is 0 Å². The summed E-state index contributed by atoms with van der Waals surface area (Å²) in [4.78, 5) is 14.9. The Morgan fingerprint density at radius 3 is 2.48 bits per heavy atom. The normalized spacial score (nSPS) is 11.2. The van der Waals surface area contributed by atoms with Crippen LogP contribution in [0.4, 0.5) is 5.69 Å². The lowest BCUT2D eigenvalue weighted by Crippen LogP contribution is -2.33. The zero-order valence-electron chi connectivity index (χ0n) is 16.7. The monoisotopic (exact) mass is 341 g/mol. The lowest BCUT2D eigenvalue weighted by atomic mass is 10.1. The highest BCUT2D eigenvalue weighted by molar-refractivity contribution is 5.95. The predicted octanol–water partition coefficient (Wildman–Crippen LogP) is 4.37. The fraction of sp³-hybridized carbons (Fsp3) is 0.524. The highest BCUT2D eigenvalue weighted by atomic mass is 16.2. The van der Waals surface area contributed by atoms with Gasteiger partial charge in [-0.25, -0.2) is 0 Å². The number of carbonyl (C=O) groups excluding carboxylic acids is 1. The van der Waals surface area contributed by atoms with Crippen LogP contribution < -0.4 is 4.90 Å². The Kier molecular flexibility index (Phi) is 6.04. The average Bonchev–Trinajstić information content (AvgIpc) is 2.78. The predicted molar refractivity (Wildman–Crippen MR) is 104 cm³/mol. The number of aryl methyl sites for hydroxylation is 3. The first-order valence-electron chi connectivity index (χ1n) is 9.15. The van der Waals surface area contributed by atoms with Gasteiger partial charge >= 0.3 is 0 Å². The Balaban J connectivity index is 2.29. The summed E-state index contributed by atoms with van der Waals surface area (Å²) in [5.74, 6) is 0.662. The molecular formula is C21H31N3O. The molecule has 0 unspecified atom stereocenters. The molecule has 2 aromatic rings. The van der Waals surface area contributed by atoms with E-state index in [2.05, 4.69) is 57.9 Å². The highest BCUT2D eigenvalue weighted by Gasteiger charge is 2.21. The van der Waals surface area contributed by atoms with Crippen LogP contribution in [0.3, 0.4) is 0 Å². The van der Waals surface area contributed by atoms with E-state index in [-0.39, 0.29) is 5.91 Å². The number of nitrogens with zero attached hydrogens (tertiary/aromatic N) is 3. The van der Waals surface area contributed by atoms with Crippen LogP contribution in [0.25, 0.3) is 0 Å². The van der Waals surface area contributed by atoms with Crippen molar-refractivity contribution in [2.24, 2.45) is 5.92 Å². The number of amides is 1. The minimum Gasteiger partial charge on any atom is -0.312 e. The van der Waals surface area contributed by atoms with E-state index in [4.69, 9.17) is 0 Å². The SMILES string of the molecule is CCN(C(=O)Cc1c(C)nn(CC(C)C)c1C)c1cc(C)ccc1C. The number of benzene rings is 1. The molecule has 0 aliphatic heterocycles. The van der Waals surface area contributed by atoms with Gasteiger partial charge in [-0.05, 0) is 57.7 Å². The number of carbonyl (C=O) groups is 1. The third-order valence-corrected chi connectivity index (χ3v) is 4.67. The summed E-state index contributed by atoms with van der Waals surface area (Å²) in [6, 6.07) is 6.26. The second-order valence-electron chi connectivity index (χ2n) is 7.33. The average molecular weight is 341 g/mol. The van der Waals surface area contributed by atoms with E-state index in [0.29, 0.717) is 18.9 Å². The van der Waals surface area contributed by atoms with Gasteiger partial charge in [-0.3, -0.25) is 9.48 Å². The molecule has 0 aliphatic carbocycles. The molecule has 0 N–H and O–H groups in total. The summed E-state index contributed by atoms with van der Waals surface area (Å²) in [5.41, 5.74) is 6.44. The molecule has 0 saturated carbocycles. The second kappa shape index (κ2) is 7.85. The largest absolute Gasteiger partial charge is 0.312 e. The first-order chi connectivity index (χ1) is 11.7. The molecule has 0 atom stereocenters. The van der Waals surface area contributed by atoms with Crippen LogP contribution in [0.2, 0.25) is 0 Å². The Morgan fingerprint density at radius 1 is 1.20 bits per heavy atom. The fourth-order valence-corrected chi connectivity index (χ4v) is 3.25. The molecule has 2 rings (SSSR count). The first kappa shape index (κ1) is 19.2. The minimum atomic E-state index is 0.131. The molecule has 25 heavy (non-hydrogen) atoms. The van der Waals surface area contributed by atoms with Gasteiger partial charge in [0.2, 0.25) is 5.91 Å². The van der Waals surface area contributed by atoms with Crippen molar-refractivity contribution >= 4 is 11.6 Å². The van der Waals surface area contributed by atoms with E-state index in [1.807, 2.05) is 23.4 Å². The van der Waals surface area contributed by atoms with Gasteiger partial charge in [0, 0.05) is 30.0 Å². The van der Waals surface area contributed by atoms with Crippen molar-refractivity contribution < 1.29 is 4.79 Å². The molecular weight excluding hydrogens is 310 g/mol. The summed E-state index contributed by atoms with van der Waals surface area (Å²) >= 11 is 0. The molecule has 1 heterocycles. The molecule has 136 valence electrons. The van der Waals surface area contributed by atoms with E-state index in [9.17, 15) is 4.79 Å². The summed E-state index contributed by atoms with van der Waals surface area (Å²) in [6.07, 6.45) is 0.400. The van der Waals surface area contributed by atoms with E-state index >= 15 is 0 Å². The van der Waals surface area contributed by atoms with Gasteiger partial charge in [-0.1, -0.05) is 26.0 Å². The maximum absolute atomic E-state index is 13.0. The van der Waals surface area contributed by atoms with Crippen LogP contribution in [0.1, 0.15) is 48.8 Å². The number of rotatable bonds is 6. The van der Waals surface area contributed by atoms with E-state index in [0.717, 1.165) is 34.7 Å². The van der Waals surface area contributed by atoms with Crippen LogP contribution in [-0.4, -0.2) is 22.2 Å². The third kappa shape index (κ3) is 4.30. The Bertz CT molecular complexity index is 759. The molecule has 0 aliphatic rings. The summed E-state index contributed by atoms with van der Waals surface area (Å²) < 4.78 is 2.04. The Morgan fingerprint density at radius 2 is 1.88 bits per heavy atom. The van der Waals surface area contributed by atoms with Crippen LogP contribution in [0.15, 0.2) is 18.2 Å². The number of likely N-dealkylation sites (N-methyl/N-ethyl adjacent to an activating group) is 1. The molecule has 0 saturated heterocycles. The van der Waals surface area contributed by atoms with Crippen LogP contribution in [0, 0.1) is 33.6 Å². The van der Waals surface area contributed by atoms with Crippen LogP contribution in [-0.2, 0) is 17.8 Å². The van der Waals surface area contributed by atoms with Gasteiger partial charge in [-0.2, -0.15) is 5.10 Å². The quantitative estimate of drug-likeness (QED) is 0.782. The standard InChI is InChI=1S/C21H31N3O/c1-8-23(20-11-15(4)9-10-16(20)5)21(25)12-19-17(6)22-24(18(19)7)13-14(2)3/h9-11,14H,8,12-13H2,1-7H3. The fourth-order valence-electron chi connectivity index (χ4n) is 3.25. The van der Waals surface area contributed by atoms with Crippen molar-refractivity contribution in [3.63, 3.8) is 0 Å². The van der Waals surface area contributed by atoms with Gasteiger partial charge in [0.1, 0.15) is 0 Å². The lowest BCUT2D eigenvalue weighted by Gasteiger charge is -2.23. The van der Waals surface area contributed by atoms with Crippen molar-refractivity contribution in [1.82, 2.24) is 9.78 Å². The number of hydrogen-bond donors (Lipinski definition) is 0. The van der Waals surface area contributed by atoms with Crippen molar-refractivity contribution in [2.75, 3.05) is 11.4 Å². The molecule has 0 bridgehead atoms. The van der Waals surface area contributed by atoms with Crippen molar-refractivity contribution in [1.29, 1.82) is 0 Å². The third-order valence-electron chi connectivity index (χ3n) is 4.67. The maximum Gasteiger partial charge on any atom is 0.231 e. The van der Waals surface area contributed by atoms with Crippen molar-refractivity contribution in [2.45, 2.75) is 61.4 Å². The molecule has 1 aromatic heterocycles. The molecule has 4 nitrogen and oxygen atoms in total. The second-order valence-corrected chi connectivity index (χ2v) is 7.33. The molecule has 0 radical (unpaired) electrons. The van der Waals surface area contributed by atoms with Crippen molar-refractivity contribution in [3.05, 3.63) is 46.3 Å². The van der Waals surface area contributed by atoms with E-state index < -0.39 is 0 Å². The topological polar surface area (TPSA) is 38.1 Å². The molecule has 1 amide bonds. The summed E-state index contributed by atoms with van der Waals surface area (Å²) in [7, 11) is 0. The summed E-state index contributed by atoms with van der Waals surface area (Å²) in [6.45, 7) is 16.1. The van der Waals surface area contributed by atoms with Gasteiger partial charge < -0.3 is 4.90 Å². The molecule has 1 aromatic carbocycles. The van der Waals surface area contributed by atoms with E-state index in [1.54, 1.807) is 0 Å². The zero-order chi connectivity index (χ0) is 18.7. The van der Waals surface area contributed by atoms with Gasteiger partial charge in [0.15, 0.2) is 0 Å². The number of anilines is 1. The number of hydrogen-bond acceptors (Lipinski definition) is 2. The molecule has 0 spiro atoms. The van der Waals surface area contributed by atoms with Gasteiger partial charge in [0.25, 0.3) is 0 Å². The zero-order valence-corrected chi connectivity index (χ0v) is 16.7. The Labute approximate surface area is 151 Å². The smallest absolute Gasteiger partial charge is 0.231 e. The Hall–Kier alpha value is -2.10. The summed E-state index contributed by atoms with van der Waals surface area (Å²) in [5, 5.41) is 4.64. The number of aromatic nitrogens is 2. The molecule has 0 fully saturated rings. The lowest BCUT2D eigenvalue weighted by molar-refractivity contribution is -0.118. The minimum absolute atomic E-state index is 0.131. The first-order valence-corrected chi connectivity index (χ1v) is 9.15. The van der Waals surface area contributed by atoms with Crippen molar-refractivity contribution in [3.8, 4) is 0 Å². The highest BCUT2D eigenvalue weighted by Crippen LogP contribution is 2.23. The maximum atomic E-state index is 13.0. The van der Waals surface area contributed by atoms with Crippen LogP contribution in [0.5, 0.6) is 0 Å². The molecule has 4 heteroatoms. The van der Waals surface area contributed by atoms with Gasteiger partial charge in [0.05, 0.1) is 12.1 Å². The van der Waals surface area contributed by atoms with Crippen LogP contribution >= 0.6 is 0 Å². The van der Waals surface area contributed by atoms with E-state index in [1.165, 1.54) is 5.56 Å².